The number of carbonyl (C=O) groups excluding carboxylic acids is 1. The number of rotatable bonds is 2. The summed E-state index contributed by atoms with van der Waals surface area (Å²) >= 11 is 2.32. The summed E-state index contributed by atoms with van der Waals surface area (Å²) in [6, 6.07) is 0. The zero-order valence-electron chi connectivity index (χ0n) is 12.8. The highest BCUT2D eigenvalue weighted by molar-refractivity contribution is 14.2. The Morgan fingerprint density at radius 2 is 2.19 bits per heavy atom. The van der Waals surface area contributed by atoms with Gasteiger partial charge in [-0.15, -0.1) is 0 Å². The van der Waals surface area contributed by atoms with Gasteiger partial charge in [-0.05, 0) is 67.3 Å². The molecule has 1 aromatic rings. The number of aromatic nitrogens is 2. The van der Waals surface area contributed by atoms with E-state index >= 15 is 0 Å². The number of ether oxygens (including phenoxy) is 1. The number of halogens is 1. The van der Waals surface area contributed by atoms with Crippen molar-refractivity contribution in [3.8, 4) is 0 Å². The van der Waals surface area contributed by atoms with E-state index in [0.717, 1.165) is 12.1 Å². The van der Waals surface area contributed by atoms with Gasteiger partial charge in [0.2, 0.25) is 0 Å². The van der Waals surface area contributed by atoms with Gasteiger partial charge in [-0.25, -0.2) is 9.25 Å². The van der Waals surface area contributed by atoms with Crippen molar-refractivity contribution in [2.75, 3.05) is 13.1 Å². The minimum absolute atomic E-state index is 0.242. The van der Waals surface area contributed by atoms with E-state index in [1.165, 1.54) is 11.1 Å². The summed E-state index contributed by atoms with van der Waals surface area (Å²) in [5.74, 6) is 0. The standard InChI is InChI=1S/C14H21IN3O2P/c1-10-9-18(21-15)16-12(10)11-5-7-17(8-6-11)13(19)20-14(2,3)4/h5,9,21H,6-8H2,1-4H3. The van der Waals surface area contributed by atoms with E-state index in [-0.39, 0.29) is 6.09 Å². The Balaban J connectivity index is 2.05. The maximum Gasteiger partial charge on any atom is 0.410 e. The first-order valence-corrected chi connectivity index (χ1v) is 11.0. The topological polar surface area (TPSA) is 47.4 Å². The molecule has 1 amide bonds. The van der Waals surface area contributed by atoms with Crippen molar-refractivity contribution in [1.82, 2.24) is 14.5 Å². The number of hydrogen-bond acceptors (Lipinski definition) is 3. The molecule has 21 heavy (non-hydrogen) atoms. The first-order valence-electron chi connectivity index (χ1n) is 6.90. The van der Waals surface area contributed by atoms with Gasteiger partial charge in [0.25, 0.3) is 0 Å². The lowest BCUT2D eigenvalue weighted by Crippen LogP contribution is -2.39. The predicted molar refractivity (Wildman–Crippen MR) is 95.1 cm³/mol. The molecule has 0 saturated carbocycles. The number of nitrogens with zero attached hydrogens (tertiary/aromatic N) is 3. The van der Waals surface area contributed by atoms with Gasteiger partial charge < -0.3 is 9.64 Å². The molecule has 2 rings (SSSR count). The molecule has 1 unspecified atom stereocenters. The summed E-state index contributed by atoms with van der Waals surface area (Å²) in [5, 5.41) is 4.60. The van der Waals surface area contributed by atoms with Crippen LogP contribution in [0.15, 0.2) is 12.3 Å². The highest BCUT2D eigenvalue weighted by atomic mass is 127. The fourth-order valence-corrected chi connectivity index (χ4v) is 3.32. The summed E-state index contributed by atoms with van der Waals surface area (Å²) in [6.45, 7) is 9.00. The SMILES string of the molecule is Cc1cn(PI)nc1C1=CCN(C(=O)OC(C)(C)C)CC1. The third-order valence-electron chi connectivity index (χ3n) is 3.15. The van der Waals surface area contributed by atoms with Crippen LogP contribution in [0.25, 0.3) is 5.57 Å². The van der Waals surface area contributed by atoms with Crippen LogP contribution in [0.4, 0.5) is 4.79 Å². The van der Waals surface area contributed by atoms with Crippen LogP contribution in [-0.2, 0) is 4.74 Å². The number of hydrogen-bond donors (Lipinski definition) is 0. The molecule has 0 fully saturated rings. The summed E-state index contributed by atoms with van der Waals surface area (Å²) in [7, 11) is 0. The summed E-state index contributed by atoms with van der Waals surface area (Å²) < 4.78 is 7.37. The lowest BCUT2D eigenvalue weighted by atomic mass is 10.0. The molecule has 0 aliphatic carbocycles. The first-order chi connectivity index (χ1) is 9.80. The highest BCUT2D eigenvalue weighted by Gasteiger charge is 2.24. The van der Waals surface area contributed by atoms with Crippen molar-refractivity contribution >= 4 is 40.1 Å². The van der Waals surface area contributed by atoms with Gasteiger partial charge in [0, 0.05) is 19.3 Å². The van der Waals surface area contributed by atoms with Crippen molar-refractivity contribution < 1.29 is 9.53 Å². The van der Waals surface area contributed by atoms with Crippen molar-refractivity contribution in [3.63, 3.8) is 0 Å². The average molecular weight is 421 g/mol. The predicted octanol–water partition coefficient (Wildman–Crippen LogP) is 4.01. The van der Waals surface area contributed by atoms with Gasteiger partial charge in [-0.2, -0.15) is 5.10 Å². The van der Waals surface area contributed by atoms with E-state index in [2.05, 4.69) is 46.3 Å². The second kappa shape index (κ2) is 6.65. The molecule has 1 aliphatic heterocycles. The molecule has 0 saturated heterocycles. The second-order valence-electron chi connectivity index (χ2n) is 6.10. The van der Waals surface area contributed by atoms with Crippen LogP contribution in [0.1, 0.15) is 38.4 Å². The zero-order chi connectivity index (χ0) is 15.6. The summed E-state index contributed by atoms with van der Waals surface area (Å²) in [4.78, 5) is 13.8. The van der Waals surface area contributed by atoms with E-state index in [1.807, 2.05) is 25.2 Å². The van der Waals surface area contributed by atoms with Crippen molar-refractivity contribution in [3.05, 3.63) is 23.5 Å². The van der Waals surface area contributed by atoms with Crippen molar-refractivity contribution in [1.29, 1.82) is 0 Å². The third kappa shape index (κ3) is 4.42. The van der Waals surface area contributed by atoms with Crippen LogP contribution in [0, 0.1) is 6.92 Å². The van der Waals surface area contributed by atoms with Crippen LogP contribution < -0.4 is 0 Å². The molecule has 5 nitrogen and oxygen atoms in total. The quantitative estimate of drug-likeness (QED) is 0.536. The molecule has 0 bridgehead atoms. The summed E-state index contributed by atoms with van der Waals surface area (Å²) in [6.07, 6.45) is 5.35. The fourth-order valence-electron chi connectivity index (χ4n) is 2.20. The van der Waals surface area contributed by atoms with Crippen LogP contribution in [0.5, 0.6) is 0 Å². The Morgan fingerprint density at radius 3 is 2.67 bits per heavy atom. The molecule has 1 aliphatic rings. The Hall–Kier alpha value is -0.620. The van der Waals surface area contributed by atoms with Crippen LogP contribution >= 0.6 is 28.4 Å². The molecular formula is C14H21IN3O2P. The Kier molecular flexibility index (Phi) is 5.30. The first kappa shape index (κ1) is 16.7. The molecule has 0 aromatic carbocycles. The highest BCUT2D eigenvalue weighted by Crippen LogP contribution is 2.29. The van der Waals surface area contributed by atoms with Crippen LogP contribution in [0.2, 0.25) is 0 Å². The number of amides is 1. The Bertz CT molecular complexity index is 563. The normalized spacial score (nSPS) is 16.4. The molecule has 0 radical (unpaired) electrons. The largest absolute Gasteiger partial charge is 0.444 e. The van der Waals surface area contributed by atoms with E-state index in [9.17, 15) is 4.79 Å². The van der Waals surface area contributed by atoms with Crippen molar-refractivity contribution in [2.45, 2.75) is 39.7 Å². The molecule has 116 valence electrons. The van der Waals surface area contributed by atoms with Gasteiger partial charge in [0.05, 0.1) is 12.1 Å². The van der Waals surface area contributed by atoms with Crippen LogP contribution in [0.3, 0.4) is 0 Å². The van der Waals surface area contributed by atoms with Gasteiger partial charge in [-0.1, -0.05) is 6.08 Å². The van der Waals surface area contributed by atoms with E-state index < -0.39 is 5.60 Å². The molecular weight excluding hydrogens is 400 g/mol. The minimum Gasteiger partial charge on any atom is -0.444 e. The van der Waals surface area contributed by atoms with Gasteiger partial charge in [-0.3, -0.25) is 0 Å². The van der Waals surface area contributed by atoms with E-state index in [4.69, 9.17) is 4.74 Å². The second-order valence-corrected chi connectivity index (χ2v) is 8.17. The molecule has 1 atom stereocenters. The van der Waals surface area contributed by atoms with Crippen LogP contribution in [-0.4, -0.2) is 39.2 Å². The maximum atomic E-state index is 12.0. The van der Waals surface area contributed by atoms with E-state index in [0.29, 0.717) is 19.5 Å². The third-order valence-corrected chi connectivity index (χ3v) is 5.03. The van der Waals surface area contributed by atoms with Gasteiger partial charge >= 0.3 is 6.09 Å². The molecule has 0 spiro atoms. The lowest BCUT2D eigenvalue weighted by molar-refractivity contribution is 0.0270. The smallest absolute Gasteiger partial charge is 0.410 e. The number of carbonyl (C=O) groups is 1. The number of aryl methyl sites for hydroxylation is 1. The maximum absolute atomic E-state index is 12.0. The monoisotopic (exact) mass is 421 g/mol. The van der Waals surface area contributed by atoms with E-state index in [1.54, 1.807) is 4.90 Å². The van der Waals surface area contributed by atoms with Gasteiger partial charge in [0.15, 0.2) is 0 Å². The average Bonchev–Trinajstić information content (AvgIpc) is 2.78. The zero-order valence-corrected chi connectivity index (χ0v) is 16.0. The molecule has 2 heterocycles. The molecule has 1 aromatic heterocycles. The van der Waals surface area contributed by atoms with Gasteiger partial charge in [0.1, 0.15) is 5.60 Å². The molecule has 7 heteroatoms. The fraction of sp³-hybridized carbons (Fsp3) is 0.571. The molecule has 0 N–H and O–H groups in total. The lowest BCUT2D eigenvalue weighted by Gasteiger charge is -2.29. The Morgan fingerprint density at radius 1 is 1.48 bits per heavy atom. The Labute approximate surface area is 140 Å². The summed E-state index contributed by atoms with van der Waals surface area (Å²) in [5.41, 5.74) is 3.03. The minimum atomic E-state index is -0.447. The van der Waals surface area contributed by atoms with Crippen molar-refractivity contribution in [2.24, 2.45) is 0 Å².